The second-order valence-corrected chi connectivity index (χ2v) is 6.55. The van der Waals surface area contributed by atoms with Crippen molar-refractivity contribution in [1.29, 1.82) is 0 Å². The van der Waals surface area contributed by atoms with E-state index in [0.29, 0.717) is 0 Å². The van der Waals surface area contributed by atoms with Gasteiger partial charge in [-0.2, -0.15) is 0 Å². The molecule has 1 saturated heterocycles. The SMILES string of the molecule is Cc1nc2scc(C)n2c1CNC1(C)CCCOC1. The van der Waals surface area contributed by atoms with E-state index in [1.807, 2.05) is 0 Å². The number of hydrogen-bond acceptors (Lipinski definition) is 4. The smallest absolute Gasteiger partial charge is 0.194 e. The van der Waals surface area contributed by atoms with Gasteiger partial charge in [0.05, 0.1) is 18.0 Å². The molecule has 0 amide bonds. The van der Waals surface area contributed by atoms with E-state index in [0.717, 1.165) is 36.8 Å². The molecule has 19 heavy (non-hydrogen) atoms. The van der Waals surface area contributed by atoms with E-state index in [-0.39, 0.29) is 5.54 Å². The molecule has 0 saturated carbocycles. The molecule has 0 aromatic carbocycles. The quantitative estimate of drug-likeness (QED) is 0.939. The summed E-state index contributed by atoms with van der Waals surface area (Å²) >= 11 is 1.71. The van der Waals surface area contributed by atoms with Crippen LogP contribution >= 0.6 is 11.3 Å². The average molecular weight is 279 g/mol. The minimum Gasteiger partial charge on any atom is -0.380 e. The number of thiazole rings is 1. The van der Waals surface area contributed by atoms with Crippen molar-refractivity contribution in [2.75, 3.05) is 13.2 Å². The normalized spacial score (nSPS) is 24.2. The van der Waals surface area contributed by atoms with Crippen LogP contribution < -0.4 is 5.32 Å². The maximum absolute atomic E-state index is 5.60. The molecule has 1 atom stereocenters. The van der Waals surface area contributed by atoms with E-state index >= 15 is 0 Å². The van der Waals surface area contributed by atoms with Crippen LogP contribution in [-0.4, -0.2) is 28.1 Å². The third kappa shape index (κ3) is 2.42. The molecule has 4 nitrogen and oxygen atoms in total. The van der Waals surface area contributed by atoms with Crippen molar-refractivity contribution in [2.24, 2.45) is 0 Å². The number of aryl methyl sites for hydroxylation is 2. The van der Waals surface area contributed by atoms with Crippen molar-refractivity contribution < 1.29 is 4.74 Å². The highest BCUT2D eigenvalue weighted by Gasteiger charge is 2.27. The Hall–Kier alpha value is -0.910. The van der Waals surface area contributed by atoms with E-state index in [9.17, 15) is 0 Å². The number of fused-ring (bicyclic) bond motifs is 1. The first-order valence-corrected chi connectivity index (χ1v) is 7.72. The molecule has 0 spiro atoms. The summed E-state index contributed by atoms with van der Waals surface area (Å²) in [4.78, 5) is 5.72. The molecule has 0 aliphatic carbocycles. The van der Waals surface area contributed by atoms with E-state index < -0.39 is 0 Å². The van der Waals surface area contributed by atoms with Gasteiger partial charge in [0, 0.05) is 29.8 Å². The lowest BCUT2D eigenvalue weighted by atomic mass is 9.95. The molecule has 2 aromatic rings. The molecule has 0 radical (unpaired) electrons. The minimum absolute atomic E-state index is 0.0960. The van der Waals surface area contributed by atoms with E-state index in [1.54, 1.807) is 11.3 Å². The van der Waals surface area contributed by atoms with Crippen molar-refractivity contribution in [3.63, 3.8) is 0 Å². The topological polar surface area (TPSA) is 38.6 Å². The minimum atomic E-state index is 0.0960. The van der Waals surface area contributed by atoms with Crippen LogP contribution in [0.1, 0.15) is 36.8 Å². The number of ether oxygens (including phenoxy) is 1. The molecule has 1 N–H and O–H groups in total. The fourth-order valence-corrected chi connectivity index (χ4v) is 3.68. The summed E-state index contributed by atoms with van der Waals surface area (Å²) in [6.07, 6.45) is 2.32. The van der Waals surface area contributed by atoms with Crippen LogP contribution in [0.2, 0.25) is 0 Å². The van der Waals surface area contributed by atoms with Crippen LogP contribution in [0.5, 0.6) is 0 Å². The monoisotopic (exact) mass is 279 g/mol. The third-order valence-corrected chi connectivity index (χ3v) is 4.89. The van der Waals surface area contributed by atoms with Crippen LogP contribution in [0.25, 0.3) is 4.96 Å². The Morgan fingerprint density at radius 2 is 2.37 bits per heavy atom. The maximum Gasteiger partial charge on any atom is 0.194 e. The highest BCUT2D eigenvalue weighted by Crippen LogP contribution is 2.23. The van der Waals surface area contributed by atoms with Crippen LogP contribution in [0.4, 0.5) is 0 Å². The van der Waals surface area contributed by atoms with Gasteiger partial charge in [-0.15, -0.1) is 11.3 Å². The number of nitrogens with one attached hydrogen (secondary N) is 1. The number of nitrogens with zero attached hydrogens (tertiary/aromatic N) is 2. The number of hydrogen-bond donors (Lipinski definition) is 1. The standard InChI is InChI=1S/C14H21N3OS/c1-10-8-19-13-16-11(2)12(17(10)13)7-15-14(3)5-4-6-18-9-14/h8,15H,4-7,9H2,1-3H3. The average Bonchev–Trinajstić information content (AvgIpc) is 2.88. The highest BCUT2D eigenvalue weighted by molar-refractivity contribution is 7.15. The van der Waals surface area contributed by atoms with Crippen molar-refractivity contribution >= 4 is 16.3 Å². The van der Waals surface area contributed by atoms with Gasteiger partial charge in [0.15, 0.2) is 4.96 Å². The van der Waals surface area contributed by atoms with Crippen LogP contribution in [-0.2, 0) is 11.3 Å². The molecule has 5 heteroatoms. The summed E-state index contributed by atoms with van der Waals surface area (Å²) in [7, 11) is 0. The number of rotatable bonds is 3. The van der Waals surface area contributed by atoms with E-state index in [2.05, 4.69) is 40.9 Å². The van der Waals surface area contributed by atoms with Crippen molar-refractivity contribution in [3.05, 3.63) is 22.5 Å². The summed E-state index contributed by atoms with van der Waals surface area (Å²) in [6, 6.07) is 0. The lowest BCUT2D eigenvalue weighted by molar-refractivity contribution is 0.0276. The summed E-state index contributed by atoms with van der Waals surface area (Å²) < 4.78 is 7.86. The van der Waals surface area contributed by atoms with Crippen LogP contribution in [0, 0.1) is 13.8 Å². The van der Waals surface area contributed by atoms with Gasteiger partial charge in [0.25, 0.3) is 0 Å². The highest BCUT2D eigenvalue weighted by atomic mass is 32.1. The Balaban J connectivity index is 1.81. The zero-order valence-electron chi connectivity index (χ0n) is 11.8. The largest absolute Gasteiger partial charge is 0.380 e. The van der Waals surface area contributed by atoms with Gasteiger partial charge in [-0.05, 0) is 33.6 Å². The summed E-state index contributed by atoms with van der Waals surface area (Å²) in [5, 5.41) is 5.83. The van der Waals surface area contributed by atoms with Crippen molar-refractivity contribution in [3.8, 4) is 0 Å². The predicted octanol–water partition coefficient (Wildman–Crippen LogP) is 2.67. The summed E-state index contributed by atoms with van der Waals surface area (Å²) in [5.41, 5.74) is 3.77. The van der Waals surface area contributed by atoms with Crippen LogP contribution in [0.15, 0.2) is 5.38 Å². The van der Waals surface area contributed by atoms with Crippen molar-refractivity contribution in [1.82, 2.24) is 14.7 Å². The molecular formula is C14H21N3OS. The Labute approximate surface area is 117 Å². The van der Waals surface area contributed by atoms with Gasteiger partial charge in [0.2, 0.25) is 0 Å². The Morgan fingerprint density at radius 3 is 3.11 bits per heavy atom. The zero-order valence-corrected chi connectivity index (χ0v) is 12.6. The van der Waals surface area contributed by atoms with Gasteiger partial charge in [-0.25, -0.2) is 4.98 Å². The molecule has 0 bridgehead atoms. The Kier molecular flexibility index (Phi) is 3.37. The fourth-order valence-electron chi connectivity index (χ4n) is 2.75. The second kappa shape index (κ2) is 4.89. The van der Waals surface area contributed by atoms with Crippen LogP contribution in [0.3, 0.4) is 0 Å². The molecule has 3 heterocycles. The molecule has 2 aromatic heterocycles. The molecule has 1 unspecified atom stereocenters. The van der Waals surface area contributed by atoms with E-state index in [1.165, 1.54) is 17.8 Å². The Morgan fingerprint density at radius 1 is 1.53 bits per heavy atom. The zero-order chi connectivity index (χ0) is 13.5. The maximum atomic E-state index is 5.60. The molecule has 1 fully saturated rings. The van der Waals surface area contributed by atoms with Gasteiger partial charge >= 0.3 is 0 Å². The fraction of sp³-hybridized carbons (Fsp3) is 0.643. The molecule has 104 valence electrons. The van der Waals surface area contributed by atoms with E-state index in [4.69, 9.17) is 4.74 Å². The third-order valence-electron chi connectivity index (χ3n) is 3.95. The van der Waals surface area contributed by atoms with Gasteiger partial charge in [0.1, 0.15) is 0 Å². The lowest BCUT2D eigenvalue weighted by Crippen LogP contribution is -2.48. The lowest BCUT2D eigenvalue weighted by Gasteiger charge is -2.34. The summed E-state index contributed by atoms with van der Waals surface area (Å²) in [5.74, 6) is 0. The number of aromatic nitrogens is 2. The first-order valence-electron chi connectivity index (χ1n) is 6.84. The van der Waals surface area contributed by atoms with Crippen molar-refractivity contribution in [2.45, 2.75) is 45.7 Å². The van der Waals surface area contributed by atoms with Gasteiger partial charge in [-0.3, -0.25) is 4.40 Å². The molecule has 1 aliphatic heterocycles. The molecule has 1 aliphatic rings. The second-order valence-electron chi connectivity index (χ2n) is 5.71. The first kappa shape index (κ1) is 13.1. The number of imidazole rings is 1. The first-order chi connectivity index (χ1) is 9.09. The Bertz CT molecular complexity index is 581. The van der Waals surface area contributed by atoms with Gasteiger partial charge in [-0.1, -0.05) is 0 Å². The predicted molar refractivity (Wildman–Crippen MR) is 77.8 cm³/mol. The molecular weight excluding hydrogens is 258 g/mol. The summed E-state index contributed by atoms with van der Waals surface area (Å²) in [6.45, 7) is 9.04. The molecule has 3 rings (SSSR count). The van der Waals surface area contributed by atoms with Gasteiger partial charge < -0.3 is 10.1 Å².